The van der Waals surface area contributed by atoms with Crippen molar-refractivity contribution >= 4 is 21.8 Å². The molecule has 0 radical (unpaired) electrons. The minimum Gasteiger partial charge on any atom is -0.457 e. The normalized spacial score (nSPS) is 10.8. The maximum Gasteiger partial charge on any atom is 0.254 e. The fraction of sp³-hybridized carbons (Fsp3) is 0.583. The predicted octanol–water partition coefficient (Wildman–Crippen LogP) is 2.83. The highest BCUT2D eigenvalue weighted by Crippen LogP contribution is 2.13. The van der Waals surface area contributed by atoms with Gasteiger partial charge in [0.2, 0.25) is 0 Å². The smallest absolute Gasteiger partial charge is 0.254 e. The molecule has 1 N–H and O–H groups in total. The van der Waals surface area contributed by atoms with Gasteiger partial charge in [0.1, 0.15) is 6.26 Å². The van der Waals surface area contributed by atoms with Crippen LogP contribution in [0.1, 0.15) is 30.6 Å². The van der Waals surface area contributed by atoms with Crippen LogP contribution in [-0.4, -0.2) is 25.7 Å². The first-order valence-corrected chi connectivity index (χ1v) is 6.49. The summed E-state index contributed by atoms with van der Waals surface area (Å²) in [7, 11) is 0. The van der Waals surface area contributed by atoms with Crippen LogP contribution in [0.2, 0.25) is 0 Å². The van der Waals surface area contributed by atoms with Crippen molar-refractivity contribution in [2.24, 2.45) is 5.92 Å². The summed E-state index contributed by atoms with van der Waals surface area (Å²) in [5, 5.41) is 2.80. The fourth-order valence-corrected chi connectivity index (χ4v) is 1.57. The van der Waals surface area contributed by atoms with E-state index in [-0.39, 0.29) is 5.91 Å². The topological polar surface area (TPSA) is 51.5 Å². The standard InChI is InChI=1S/C12H18BrNO3/c1-9(2)7-16-5-3-4-14-12(15)10-6-11(13)17-8-10/h6,8-9H,3-5,7H2,1-2H3,(H,14,15). The molecular weight excluding hydrogens is 286 g/mol. The van der Waals surface area contributed by atoms with E-state index in [0.29, 0.717) is 29.3 Å². The molecule has 5 heteroatoms. The second-order valence-corrected chi connectivity index (χ2v) is 5.00. The molecule has 0 aromatic carbocycles. The quantitative estimate of drug-likeness (QED) is 0.788. The van der Waals surface area contributed by atoms with Gasteiger partial charge in [-0.15, -0.1) is 0 Å². The van der Waals surface area contributed by atoms with Gasteiger partial charge in [-0.2, -0.15) is 0 Å². The second-order valence-electron chi connectivity index (χ2n) is 4.22. The molecule has 1 amide bonds. The Morgan fingerprint density at radius 3 is 2.94 bits per heavy atom. The lowest BCUT2D eigenvalue weighted by atomic mass is 10.2. The number of amides is 1. The number of hydrogen-bond acceptors (Lipinski definition) is 3. The van der Waals surface area contributed by atoms with E-state index in [9.17, 15) is 4.79 Å². The number of furan rings is 1. The number of nitrogens with one attached hydrogen (secondary N) is 1. The Balaban J connectivity index is 2.09. The van der Waals surface area contributed by atoms with Gasteiger partial charge in [0, 0.05) is 25.8 Å². The molecule has 0 saturated carbocycles. The highest BCUT2D eigenvalue weighted by Gasteiger charge is 2.07. The van der Waals surface area contributed by atoms with E-state index in [0.717, 1.165) is 13.0 Å². The van der Waals surface area contributed by atoms with Crippen molar-refractivity contribution in [3.8, 4) is 0 Å². The third-order valence-corrected chi connectivity index (χ3v) is 2.45. The Bertz CT molecular complexity index is 349. The van der Waals surface area contributed by atoms with Gasteiger partial charge < -0.3 is 14.5 Å². The SMILES string of the molecule is CC(C)COCCCNC(=O)c1coc(Br)c1. The first-order valence-electron chi connectivity index (χ1n) is 5.69. The number of hydrogen-bond donors (Lipinski definition) is 1. The van der Waals surface area contributed by atoms with Gasteiger partial charge in [-0.05, 0) is 28.3 Å². The van der Waals surface area contributed by atoms with Crippen LogP contribution < -0.4 is 5.32 Å². The summed E-state index contributed by atoms with van der Waals surface area (Å²) in [5.74, 6) is 0.427. The summed E-state index contributed by atoms with van der Waals surface area (Å²) in [5.41, 5.74) is 0.528. The number of halogens is 1. The van der Waals surface area contributed by atoms with Crippen molar-refractivity contribution in [2.45, 2.75) is 20.3 Å². The molecule has 0 aliphatic heterocycles. The van der Waals surface area contributed by atoms with Crippen molar-refractivity contribution in [3.05, 3.63) is 22.6 Å². The first-order chi connectivity index (χ1) is 8.09. The average molecular weight is 304 g/mol. The highest BCUT2D eigenvalue weighted by molar-refractivity contribution is 9.10. The van der Waals surface area contributed by atoms with Gasteiger partial charge in [-0.3, -0.25) is 4.79 Å². The summed E-state index contributed by atoms with van der Waals surface area (Å²) in [6, 6.07) is 1.64. The molecule has 0 saturated heterocycles. The maximum atomic E-state index is 11.6. The van der Waals surface area contributed by atoms with E-state index in [4.69, 9.17) is 9.15 Å². The number of carbonyl (C=O) groups excluding carboxylic acids is 1. The Morgan fingerprint density at radius 1 is 1.59 bits per heavy atom. The zero-order valence-electron chi connectivity index (χ0n) is 10.2. The Labute approximate surface area is 110 Å². The van der Waals surface area contributed by atoms with Gasteiger partial charge in [-0.1, -0.05) is 13.8 Å². The minimum absolute atomic E-state index is 0.122. The molecule has 1 heterocycles. The van der Waals surface area contributed by atoms with Crippen LogP contribution in [0, 0.1) is 5.92 Å². The van der Waals surface area contributed by atoms with Crippen LogP contribution in [0.4, 0.5) is 0 Å². The third kappa shape index (κ3) is 5.89. The number of ether oxygens (including phenoxy) is 1. The van der Waals surface area contributed by atoms with E-state index >= 15 is 0 Å². The van der Waals surface area contributed by atoms with Crippen molar-refractivity contribution in [1.29, 1.82) is 0 Å². The fourth-order valence-electron chi connectivity index (χ4n) is 1.23. The monoisotopic (exact) mass is 303 g/mol. The van der Waals surface area contributed by atoms with E-state index in [2.05, 4.69) is 35.1 Å². The molecule has 0 fully saturated rings. The molecule has 1 rings (SSSR count). The number of carbonyl (C=O) groups is 1. The minimum atomic E-state index is -0.122. The van der Waals surface area contributed by atoms with Gasteiger partial charge >= 0.3 is 0 Å². The molecule has 1 aromatic heterocycles. The van der Waals surface area contributed by atoms with Gasteiger partial charge in [0.25, 0.3) is 5.91 Å². The van der Waals surface area contributed by atoms with E-state index < -0.39 is 0 Å². The summed E-state index contributed by atoms with van der Waals surface area (Å²) < 4.78 is 11.0. The van der Waals surface area contributed by atoms with Crippen LogP contribution >= 0.6 is 15.9 Å². The van der Waals surface area contributed by atoms with Crippen molar-refractivity contribution in [3.63, 3.8) is 0 Å². The van der Waals surface area contributed by atoms with Crippen molar-refractivity contribution in [2.75, 3.05) is 19.8 Å². The average Bonchev–Trinajstić information content (AvgIpc) is 2.69. The van der Waals surface area contributed by atoms with Crippen LogP contribution in [0.25, 0.3) is 0 Å². The molecule has 1 aromatic rings. The molecule has 0 spiro atoms. The number of rotatable bonds is 7. The first kappa shape index (κ1) is 14.3. The summed E-state index contributed by atoms with van der Waals surface area (Å²) >= 11 is 3.15. The predicted molar refractivity (Wildman–Crippen MR) is 69.0 cm³/mol. The van der Waals surface area contributed by atoms with Crippen LogP contribution in [0.15, 0.2) is 21.4 Å². The lowest BCUT2D eigenvalue weighted by Crippen LogP contribution is -2.25. The largest absolute Gasteiger partial charge is 0.457 e. The Kier molecular flexibility index (Phi) is 6.29. The summed E-state index contributed by atoms with van der Waals surface area (Å²) in [6.45, 7) is 6.27. The molecule has 4 nitrogen and oxygen atoms in total. The van der Waals surface area contributed by atoms with Gasteiger partial charge in [0.05, 0.1) is 5.56 Å². The van der Waals surface area contributed by atoms with Crippen molar-refractivity contribution in [1.82, 2.24) is 5.32 Å². The molecule has 0 bridgehead atoms. The second kappa shape index (κ2) is 7.50. The Morgan fingerprint density at radius 2 is 2.35 bits per heavy atom. The summed E-state index contributed by atoms with van der Waals surface area (Å²) in [6.07, 6.45) is 2.24. The van der Waals surface area contributed by atoms with E-state index in [1.165, 1.54) is 6.26 Å². The molecule has 17 heavy (non-hydrogen) atoms. The van der Waals surface area contributed by atoms with Crippen LogP contribution in [-0.2, 0) is 4.74 Å². The zero-order chi connectivity index (χ0) is 12.7. The van der Waals surface area contributed by atoms with Gasteiger partial charge in [0.15, 0.2) is 4.67 Å². The van der Waals surface area contributed by atoms with Crippen LogP contribution in [0.3, 0.4) is 0 Å². The van der Waals surface area contributed by atoms with Crippen molar-refractivity contribution < 1.29 is 13.9 Å². The molecule has 0 aliphatic rings. The van der Waals surface area contributed by atoms with Gasteiger partial charge in [-0.25, -0.2) is 0 Å². The van der Waals surface area contributed by atoms with E-state index in [1.54, 1.807) is 6.07 Å². The molecule has 96 valence electrons. The summed E-state index contributed by atoms with van der Waals surface area (Å²) in [4.78, 5) is 11.6. The third-order valence-electron chi connectivity index (χ3n) is 2.03. The molecule has 0 aliphatic carbocycles. The highest BCUT2D eigenvalue weighted by atomic mass is 79.9. The van der Waals surface area contributed by atoms with Crippen LogP contribution in [0.5, 0.6) is 0 Å². The lowest BCUT2D eigenvalue weighted by Gasteiger charge is -2.07. The molecule has 0 unspecified atom stereocenters. The zero-order valence-corrected chi connectivity index (χ0v) is 11.7. The Hall–Kier alpha value is -0.810. The maximum absolute atomic E-state index is 11.6. The molecule has 0 atom stereocenters. The molecular formula is C12H18BrNO3. The van der Waals surface area contributed by atoms with E-state index in [1.807, 2.05) is 0 Å². The lowest BCUT2D eigenvalue weighted by molar-refractivity contribution is 0.0924.